The van der Waals surface area contributed by atoms with Crippen molar-refractivity contribution in [2.75, 3.05) is 13.2 Å². The third-order valence-electron chi connectivity index (χ3n) is 9.10. The van der Waals surface area contributed by atoms with E-state index in [-0.39, 0.29) is 19.4 Å². The fraction of sp³-hybridized carbons (Fsp3) is 0.705. The lowest BCUT2D eigenvalue weighted by atomic mass is 9.99. The van der Waals surface area contributed by atoms with Crippen LogP contribution in [0, 0.1) is 0 Å². The lowest BCUT2D eigenvalue weighted by Gasteiger charge is -2.38. The van der Waals surface area contributed by atoms with E-state index in [9.17, 15) is 34.8 Å². The van der Waals surface area contributed by atoms with Crippen LogP contribution in [0.1, 0.15) is 149 Å². The first kappa shape index (κ1) is 49.9. The highest BCUT2D eigenvalue weighted by molar-refractivity contribution is 5.73. The SMILES string of the molecule is CC/C=C\C/C=C\C/C=C\C/C=C\CCCCCCC(=O)OCC(COC1OC(C(=O)O)C(O)C(O)C1O)OC(=O)CCCCCCC/C=C\CCCCC. The van der Waals surface area contributed by atoms with E-state index < -0.39 is 61.3 Å². The Kier molecular flexibility index (Phi) is 31.0. The minimum atomic E-state index is -1.87. The van der Waals surface area contributed by atoms with Gasteiger partial charge in [-0.2, -0.15) is 0 Å². The van der Waals surface area contributed by atoms with Crippen LogP contribution in [-0.4, -0.2) is 88.4 Å². The summed E-state index contributed by atoms with van der Waals surface area (Å²) < 4.78 is 21.6. The third-order valence-corrected chi connectivity index (χ3v) is 9.10. The molecule has 0 saturated carbocycles. The van der Waals surface area contributed by atoms with Gasteiger partial charge in [0, 0.05) is 12.8 Å². The molecule has 55 heavy (non-hydrogen) atoms. The molecule has 11 nitrogen and oxygen atoms in total. The molecule has 0 aliphatic carbocycles. The van der Waals surface area contributed by atoms with Crippen LogP contribution in [0.3, 0.4) is 0 Å². The molecule has 1 heterocycles. The number of ether oxygens (including phenoxy) is 4. The predicted molar refractivity (Wildman–Crippen MR) is 215 cm³/mol. The Morgan fingerprint density at radius 1 is 0.582 bits per heavy atom. The molecule has 0 radical (unpaired) electrons. The topological polar surface area (TPSA) is 169 Å². The molecule has 0 spiro atoms. The Labute approximate surface area is 330 Å². The van der Waals surface area contributed by atoms with Crippen molar-refractivity contribution in [1.82, 2.24) is 0 Å². The van der Waals surface area contributed by atoms with Gasteiger partial charge in [-0.05, 0) is 77.0 Å². The maximum atomic E-state index is 12.7. The number of rotatable bonds is 33. The quantitative estimate of drug-likeness (QED) is 0.0287. The Bertz CT molecular complexity index is 1140. The number of carboxylic acids is 1. The first-order valence-corrected chi connectivity index (χ1v) is 20.8. The molecular weight excluding hydrogens is 704 g/mol. The molecule has 1 rings (SSSR count). The fourth-order valence-corrected chi connectivity index (χ4v) is 5.80. The van der Waals surface area contributed by atoms with E-state index in [1.165, 1.54) is 19.3 Å². The lowest BCUT2D eigenvalue weighted by molar-refractivity contribution is -0.298. The Morgan fingerprint density at radius 3 is 1.64 bits per heavy atom. The summed E-state index contributed by atoms with van der Waals surface area (Å²) in [7, 11) is 0. The second-order valence-electron chi connectivity index (χ2n) is 14.1. The number of unbranched alkanes of at least 4 members (excludes halogenated alkanes) is 12. The van der Waals surface area contributed by atoms with Crippen molar-refractivity contribution in [3.63, 3.8) is 0 Å². The largest absolute Gasteiger partial charge is 0.479 e. The monoisotopic (exact) mass is 777 g/mol. The zero-order chi connectivity index (χ0) is 40.4. The molecule has 0 amide bonds. The van der Waals surface area contributed by atoms with Gasteiger partial charge in [-0.25, -0.2) is 4.79 Å². The summed E-state index contributed by atoms with van der Waals surface area (Å²) in [4.78, 5) is 36.7. The van der Waals surface area contributed by atoms with E-state index in [2.05, 4.69) is 74.6 Å². The van der Waals surface area contributed by atoms with Crippen LogP contribution in [0.5, 0.6) is 0 Å². The van der Waals surface area contributed by atoms with Crippen molar-refractivity contribution in [1.29, 1.82) is 0 Å². The van der Waals surface area contributed by atoms with Gasteiger partial charge in [-0.15, -0.1) is 0 Å². The van der Waals surface area contributed by atoms with E-state index in [0.29, 0.717) is 12.8 Å². The Morgan fingerprint density at radius 2 is 1.07 bits per heavy atom. The van der Waals surface area contributed by atoms with Crippen molar-refractivity contribution < 1.29 is 53.8 Å². The number of esters is 2. The number of aliphatic hydroxyl groups excluding tert-OH is 3. The minimum absolute atomic E-state index is 0.164. The van der Waals surface area contributed by atoms with E-state index >= 15 is 0 Å². The van der Waals surface area contributed by atoms with E-state index in [0.717, 1.165) is 89.9 Å². The van der Waals surface area contributed by atoms with Gasteiger partial charge in [0.15, 0.2) is 18.5 Å². The van der Waals surface area contributed by atoms with Crippen molar-refractivity contribution in [2.45, 2.75) is 185 Å². The van der Waals surface area contributed by atoms with Crippen LogP contribution in [0.25, 0.3) is 0 Å². The van der Waals surface area contributed by atoms with Crippen LogP contribution >= 0.6 is 0 Å². The molecule has 6 unspecified atom stereocenters. The van der Waals surface area contributed by atoms with E-state index in [1.54, 1.807) is 0 Å². The van der Waals surface area contributed by atoms with Crippen molar-refractivity contribution in [3.05, 3.63) is 60.8 Å². The minimum Gasteiger partial charge on any atom is -0.479 e. The van der Waals surface area contributed by atoms with Crippen LogP contribution < -0.4 is 0 Å². The smallest absolute Gasteiger partial charge is 0.335 e. The zero-order valence-corrected chi connectivity index (χ0v) is 33.6. The summed E-state index contributed by atoms with van der Waals surface area (Å²) in [6.07, 6.45) is 31.3. The standard InChI is InChI=1S/C44H72O11/c1-3-5-7-9-11-13-15-17-18-19-20-21-23-24-26-28-30-32-37(45)52-34-36(35-53-44-41(49)39(47)40(48)42(55-44)43(50)51)54-38(46)33-31-29-27-25-22-16-14-12-10-8-6-4-2/h5,7,11-14,17-18,20-21,36,39-42,44,47-49H,3-4,6,8-10,15-16,19,22-35H2,1-2H3,(H,50,51)/b7-5-,13-11-,14-12-,18-17-,21-20-. The number of carboxylic acid groups (broad SMARTS) is 1. The second kappa shape index (κ2) is 34.2. The van der Waals surface area contributed by atoms with Gasteiger partial charge < -0.3 is 39.4 Å². The summed E-state index contributed by atoms with van der Waals surface area (Å²) in [6.45, 7) is 3.62. The summed E-state index contributed by atoms with van der Waals surface area (Å²) in [5.74, 6) is -2.50. The Balaban J connectivity index is 2.43. The number of allylic oxidation sites excluding steroid dienone is 10. The van der Waals surface area contributed by atoms with Gasteiger partial charge in [0.2, 0.25) is 0 Å². The molecule has 1 fully saturated rings. The van der Waals surface area contributed by atoms with Gasteiger partial charge in [0.1, 0.15) is 24.9 Å². The predicted octanol–water partition coefficient (Wildman–Crippen LogP) is 8.36. The van der Waals surface area contributed by atoms with Crippen LogP contribution in [-0.2, 0) is 33.3 Å². The average Bonchev–Trinajstić information content (AvgIpc) is 3.17. The first-order chi connectivity index (χ1) is 26.7. The molecule has 0 aromatic heterocycles. The Hall–Kier alpha value is -3.09. The summed E-state index contributed by atoms with van der Waals surface area (Å²) in [5.41, 5.74) is 0. The second-order valence-corrected chi connectivity index (χ2v) is 14.1. The first-order valence-electron chi connectivity index (χ1n) is 20.8. The molecular formula is C44H72O11. The molecule has 0 aromatic rings. The van der Waals surface area contributed by atoms with Crippen LogP contribution in [0.4, 0.5) is 0 Å². The molecule has 0 aromatic carbocycles. The molecule has 4 N–H and O–H groups in total. The lowest BCUT2D eigenvalue weighted by Crippen LogP contribution is -2.60. The number of aliphatic hydroxyl groups is 3. The van der Waals surface area contributed by atoms with Gasteiger partial charge in [-0.1, -0.05) is 120 Å². The number of hydrogen-bond acceptors (Lipinski definition) is 10. The molecule has 1 saturated heterocycles. The van der Waals surface area contributed by atoms with Crippen molar-refractivity contribution in [3.8, 4) is 0 Å². The number of carbonyl (C=O) groups excluding carboxylic acids is 2. The average molecular weight is 777 g/mol. The van der Waals surface area contributed by atoms with Crippen LogP contribution in [0.15, 0.2) is 60.8 Å². The van der Waals surface area contributed by atoms with Gasteiger partial charge in [0.05, 0.1) is 6.61 Å². The molecule has 6 atom stereocenters. The number of hydrogen-bond donors (Lipinski definition) is 4. The fourth-order valence-electron chi connectivity index (χ4n) is 5.80. The van der Waals surface area contributed by atoms with Crippen LogP contribution in [0.2, 0.25) is 0 Å². The molecule has 0 bridgehead atoms. The highest BCUT2D eigenvalue weighted by atomic mass is 16.7. The molecule has 314 valence electrons. The molecule has 1 aliphatic heterocycles. The molecule has 1 aliphatic rings. The highest BCUT2D eigenvalue weighted by Gasteiger charge is 2.47. The maximum absolute atomic E-state index is 12.7. The van der Waals surface area contributed by atoms with Crippen molar-refractivity contribution >= 4 is 17.9 Å². The van der Waals surface area contributed by atoms with Crippen molar-refractivity contribution in [2.24, 2.45) is 0 Å². The maximum Gasteiger partial charge on any atom is 0.335 e. The third kappa shape index (κ3) is 26.4. The van der Waals surface area contributed by atoms with Gasteiger partial charge in [-0.3, -0.25) is 9.59 Å². The van der Waals surface area contributed by atoms with Gasteiger partial charge in [0.25, 0.3) is 0 Å². The summed E-state index contributed by atoms with van der Waals surface area (Å²) >= 11 is 0. The van der Waals surface area contributed by atoms with Gasteiger partial charge >= 0.3 is 17.9 Å². The summed E-state index contributed by atoms with van der Waals surface area (Å²) in [5, 5.41) is 39.7. The summed E-state index contributed by atoms with van der Waals surface area (Å²) in [6, 6.07) is 0. The number of aliphatic carboxylic acids is 1. The molecule has 11 heteroatoms. The van der Waals surface area contributed by atoms with E-state index in [4.69, 9.17) is 18.9 Å². The normalized spacial score (nSPS) is 21.1. The zero-order valence-electron chi connectivity index (χ0n) is 33.6. The van der Waals surface area contributed by atoms with E-state index in [1.807, 2.05) is 0 Å². The highest BCUT2D eigenvalue weighted by Crippen LogP contribution is 2.23. The number of carbonyl (C=O) groups is 3.